The molecule has 3 aromatic carbocycles. The van der Waals surface area contributed by atoms with Crippen molar-refractivity contribution < 1.29 is 0 Å². The van der Waals surface area contributed by atoms with Crippen LogP contribution in [-0.4, -0.2) is 5.25 Å². The second kappa shape index (κ2) is 10.3. The van der Waals surface area contributed by atoms with Gasteiger partial charge in [-0.2, -0.15) is 0 Å². The first kappa shape index (κ1) is 23.6. The van der Waals surface area contributed by atoms with Crippen molar-refractivity contribution in [1.29, 1.82) is 0 Å². The van der Waals surface area contributed by atoms with Gasteiger partial charge in [0.2, 0.25) is 0 Å². The molecule has 2 heteroatoms. The van der Waals surface area contributed by atoms with Crippen molar-refractivity contribution in [1.82, 2.24) is 0 Å². The molecule has 1 N–H and O–H groups in total. The van der Waals surface area contributed by atoms with Crippen LogP contribution in [0, 0.1) is 5.92 Å². The lowest BCUT2D eigenvalue weighted by Crippen LogP contribution is -2.12. The Kier molecular flexibility index (Phi) is 6.59. The molecule has 0 fully saturated rings. The van der Waals surface area contributed by atoms with Crippen molar-refractivity contribution in [3.8, 4) is 0 Å². The lowest BCUT2D eigenvalue weighted by atomic mass is 9.83. The molecule has 2 unspecified atom stereocenters. The maximum Gasteiger partial charge on any atom is 0.0423 e. The van der Waals surface area contributed by atoms with Crippen LogP contribution in [0.5, 0.6) is 0 Å². The Hall–Kier alpha value is -3.75. The number of hydrogen-bond acceptors (Lipinski definition) is 2. The molecule has 37 heavy (non-hydrogen) atoms. The third kappa shape index (κ3) is 4.82. The highest BCUT2D eigenvalue weighted by molar-refractivity contribution is 8.04. The zero-order chi connectivity index (χ0) is 25.2. The van der Waals surface area contributed by atoms with E-state index in [0.717, 1.165) is 29.8 Å². The summed E-state index contributed by atoms with van der Waals surface area (Å²) in [5, 5.41) is 4.17. The largest absolute Gasteiger partial charge is 0.355 e. The third-order valence-corrected chi connectivity index (χ3v) is 8.69. The summed E-state index contributed by atoms with van der Waals surface area (Å²) in [5.74, 6) is 0.420. The van der Waals surface area contributed by atoms with Crippen LogP contribution in [0.15, 0.2) is 138 Å². The van der Waals surface area contributed by atoms with Gasteiger partial charge in [0.25, 0.3) is 0 Å². The molecule has 6 rings (SSSR count). The number of benzene rings is 3. The highest BCUT2D eigenvalue weighted by atomic mass is 32.2. The molecule has 0 saturated heterocycles. The van der Waals surface area contributed by atoms with Gasteiger partial charge in [0.1, 0.15) is 0 Å². The molecule has 1 nitrogen and oxygen atoms in total. The van der Waals surface area contributed by atoms with Crippen LogP contribution in [0.25, 0.3) is 11.1 Å². The van der Waals surface area contributed by atoms with E-state index in [1.165, 1.54) is 38.3 Å². The smallest absolute Gasteiger partial charge is 0.0423 e. The van der Waals surface area contributed by atoms with Crippen LogP contribution in [0.2, 0.25) is 0 Å². The number of anilines is 1. The SMILES string of the molecule is C=C(C1=CCC=C1Nc1ccc(Cc2ccccc2)cc1)c1ccccc1C1=C(C)SC2C=CC=CC12. The van der Waals surface area contributed by atoms with Gasteiger partial charge >= 0.3 is 0 Å². The van der Waals surface area contributed by atoms with Gasteiger partial charge in [-0.3, -0.25) is 0 Å². The van der Waals surface area contributed by atoms with E-state index in [0.29, 0.717) is 11.2 Å². The Balaban J connectivity index is 1.21. The van der Waals surface area contributed by atoms with Crippen LogP contribution < -0.4 is 5.32 Å². The molecule has 3 aromatic rings. The van der Waals surface area contributed by atoms with Crippen molar-refractivity contribution in [2.45, 2.75) is 25.0 Å². The lowest BCUT2D eigenvalue weighted by molar-refractivity contribution is 0.874. The molecule has 0 radical (unpaired) electrons. The molecule has 0 amide bonds. The minimum Gasteiger partial charge on any atom is -0.355 e. The average Bonchev–Trinajstić information content (AvgIpc) is 3.53. The summed E-state index contributed by atoms with van der Waals surface area (Å²) in [7, 11) is 0. The Morgan fingerprint density at radius 2 is 1.59 bits per heavy atom. The molecule has 1 heterocycles. The van der Waals surface area contributed by atoms with E-state index in [4.69, 9.17) is 0 Å². The quantitative estimate of drug-likeness (QED) is 0.349. The fraction of sp³-hybridized carbons (Fsp3) is 0.143. The molecule has 1 aliphatic heterocycles. The van der Waals surface area contributed by atoms with E-state index < -0.39 is 0 Å². The predicted molar refractivity (Wildman–Crippen MR) is 161 cm³/mol. The van der Waals surface area contributed by atoms with E-state index in [-0.39, 0.29) is 0 Å². The van der Waals surface area contributed by atoms with Gasteiger partial charge in [0.15, 0.2) is 0 Å². The molecular formula is C35H31NS. The summed E-state index contributed by atoms with van der Waals surface area (Å²) in [4.78, 5) is 1.41. The standard InChI is InChI=1S/C35H31NS/c1-24(29-13-6-7-14-31(29)35-25(2)37-34-18-9-8-15-32(34)35)30-16-10-17-33(30)36-28-21-19-27(20-22-28)23-26-11-4-3-5-12-26/h3-9,11-22,32,34,36H,1,10,23H2,2H3. The Bertz CT molecular complexity index is 1480. The minimum atomic E-state index is 0.420. The van der Waals surface area contributed by atoms with Gasteiger partial charge in [-0.05, 0) is 70.2 Å². The van der Waals surface area contributed by atoms with Gasteiger partial charge < -0.3 is 5.32 Å². The minimum absolute atomic E-state index is 0.420. The maximum atomic E-state index is 4.61. The number of fused-ring (bicyclic) bond motifs is 1. The zero-order valence-electron chi connectivity index (χ0n) is 21.2. The van der Waals surface area contributed by atoms with E-state index in [9.17, 15) is 0 Å². The van der Waals surface area contributed by atoms with Gasteiger partial charge in [0, 0.05) is 28.1 Å². The van der Waals surface area contributed by atoms with E-state index in [1.807, 2.05) is 11.8 Å². The number of thioether (sulfide) groups is 1. The molecule has 2 atom stereocenters. The maximum absolute atomic E-state index is 4.61. The first-order valence-electron chi connectivity index (χ1n) is 13.0. The lowest BCUT2D eigenvalue weighted by Gasteiger charge is -2.22. The van der Waals surface area contributed by atoms with E-state index >= 15 is 0 Å². The second-order valence-electron chi connectivity index (χ2n) is 9.83. The van der Waals surface area contributed by atoms with Crippen molar-refractivity contribution in [2.75, 3.05) is 5.32 Å². The van der Waals surface area contributed by atoms with Crippen molar-refractivity contribution in [3.05, 3.63) is 160 Å². The molecular weight excluding hydrogens is 466 g/mol. The highest BCUT2D eigenvalue weighted by Gasteiger charge is 2.33. The second-order valence-corrected chi connectivity index (χ2v) is 11.2. The summed E-state index contributed by atoms with van der Waals surface area (Å²) >= 11 is 1.98. The molecule has 3 aliphatic rings. The highest BCUT2D eigenvalue weighted by Crippen LogP contribution is 2.50. The van der Waals surface area contributed by atoms with E-state index in [2.05, 4.69) is 134 Å². The van der Waals surface area contributed by atoms with Crippen LogP contribution >= 0.6 is 11.8 Å². The zero-order valence-corrected chi connectivity index (χ0v) is 22.0. The molecule has 0 bridgehead atoms. The Morgan fingerprint density at radius 3 is 2.43 bits per heavy atom. The number of nitrogens with one attached hydrogen (secondary N) is 1. The third-order valence-electron chi connectivity index (χ3n) is 7.40. The average molecular weight is 498 g/mol. The van der Waals surface area contributed by atoms with Crippen LogP contribution in [0.1, 0.15) is 35.6 Å². The van der Waals surface area contributed by atoms with Gasteiger partial charge in [-0.15, -0.1) is 11.8 Å². The van der Waals surface area contributed by atoms with Crippen molar-refractivity contribution >= 4 is 28.6 Å². The topological polar surface area (TPSA) is 12.0 Å². The fourth-order valence-electron chi connectivity index (χ4n) is 5.57. The summed E-state index contributed by atoms with van der Waals surface area (Å²) in [5.41, 5.74) is 11.1. The van der Waals surface area contributed by atoms with E-state index in [1.54, 1.807) is 0 Å². The first-order valence-corrected chi connectivity index (χ1v) is 13.9. The van der Waals surface area contributed by atoms with Crippen molar-refractivity contribution in [3.63, 3.8) is 0 Å². The van der Waals surface area contributed by atoms with Gasteiger partial charge in [-0.1, -0.05) is 110 Å². The Morgan fingerprint density at radius 1 is 0.865 bits per heavy atom. The fourth-order valence-corrected chi connectivity index (χ4v) is 6.89. The van der Waals surface area contributed by atoms with Crippen LogP contribution in [0.3, 0.4) is 0 Å². The van der Waals surface area contributed by atoms with Gasteiger partial charge in [0.05, 0.1) is 0 Å². The summed E-state index contributed by atoms with van der Waals surface area (Å²) in [6.45, 7) is 6.88. The van der Waals surface area contributed by atoms with Crippen LogP contribution in [0.4, 0.5) is 5.69 Å². The van der Waals surface area contributed by atoms with Crippen molar-refractivity contribution in [2.24, 2.45) is 5.92 Å². The number of allylic oxidation sites excluding steroid dienone is 8. The first-order chi connectivity index (χ1) is 18.2. The normalized spacial score (nSPS) is 20.0. The predicted octanol–water partition coefficient (Wildman–Crippen LogP) is 9.21. The van der Waals surface area contributed by atoms with Gasteiger partial charge in [-0.25, -0.2) is 0 Å². The monoisotopic (exact) mass is 497 g/mol. The molecule has 0 aromatic heterocycles. The molecule has 0 spiro atoms. The summed E-state index contributed by atoms with van der Waals surface area (Å²) in [6.07, 6.45) is 15.5. The molecule has 2 aliphatic carbocycles. The molecule has 182 valence electrons. The Labute approximate surface area is 224 Å². The summed E-state index contributed by atoms with van der Waals surface area (Å²) in [6, 6.07) is 28.2. The van der Waals surface area contributed by atoms with Crippen LogP contribution in [-0.2, 0) is 6.42 Å². The molecule has 0 saturated carbocycles. The summed E-state index contributed by atoms with van der Waals surface area (Å²) < 4.78 is 0. The number of rotatable bonds is 7. The number of hydrogen-bond donors (Lipinski definition) is 1.